The molecule has 1 aliphatic carbocycles. The monoisotopic (exact) mass is 481 g/mol. The second-order valence-electron chi connectivity index (χ2n) is 9.69. The maximum Gasteiger partial charge on any atom is 0.227 e. The molecule has 4 rings (SSSR count). The van der Waals surface area contributed by atoms with Gasteiger partial charge in [0, 0.05) is 35.7 Å². The molecule has 0 spiro atoms. The highest BCUT2D eigenvalue weighted by Gasteiger charge is 2.45. The van der Waals surface area contributed by atoms with Gasteiger partial charge in [0.1, 0.15) is 7.85 Å². The Bertz CT molecular complexity index is 1180. The molecule has 1 atom stereocenters. The highest BCUT2D eigenvalue weighted by Crippen LogP contribution is 2.53. The Balaban J connectivity index is 1.44. The molecule has 3 aromatic carbocycles. The van der Waals surface area contributed by atoms with Crippen molar-refractivity contribution < 1.29 is 9.59 Å². The number of thioether (sulfide) groups is 1. The number of ketones is 1. The van der Waals surface area contributed by atoms with E-state index < -0.39 is 0 Å². The third kappa shape index (κ3) is 6.67. The third-order valence-electron chi connectivity index (χ3n) is 6.95. The predicted octanol–water partition coefficient (Wildman–Crippen LogP) is 5.92. The van der Waals surface area contributed by atoms with Crippen LogP contribution in [0, 0.1) is 5.41 Å². The lowest BCUT2D eigenvalue weighted by Gasteiger charge is -2.24. The molecule has 5 heteroatoms. The molecule has 1 fully saturated rings. The first kappa shape index (κ1) is 25.3. The fourth-order valence-electron chi connectivity index (χ4n) is 4.54. The number of hydrogen-bond donors (Lipinski definition) is 0. The van der Waals surface area contributed by atoms with Gasteiger partial charge in [-0.25, -0.2) is 0 Å². The topological polar surface area (TPSA) is 37.4 Å². The lowest BCUT2D eigenvalue weighted by molar-refractivity contribution is -0.119. The highest BCUT2D eigenvalue weighted by atomic mass is 32.2. The number of carbonyl (C=O) groups excluding carboxylic acids is 2. The Morgan fingerprint density at radius 1 is 1.00 bits per heavy atom. The van der Waals surface area contributed by atoms with Gasteiger partial charge in [-0.1, -0.05) is 72.2 Å². The van der Waals surface area contributed by atoms with Crippen LogP contribution in [0.15, 0.2) is 78.9 Å². The summed E-state index contributed by atoms with van der Waals surface area (Å²) in [4.78, 5) is 26.9. The van der Waals surface area contributed by atoms with Crippen LogP contribution >= 0.6 is 11.8 Å². The SMILES string of the molecule is [B]c1cccc([C@@H](CCc2ccccc2C(C)=O)SCC2(CC(=O)N(C)c3ccccc3)CC2)c1. The van der Waals surface area contributed by atoms with E-state index in [1.54, 1.807) is 11.8 Å². The summed E-state index contributed by atoms with van der Waals surface area (Å²) in [5.74, 6) is 1.21. The molecule has 0 unspecified atom stereocenters. The Morgan fingerprint density at radius 3 is 2.40 bits per heavy atom. The molecule has 1 saturated carbocycles. The number of nitrogens with zero attached hydrogens (tertiary/aromatic N) is 1. The molecule has 3 aromatic rings. The average molecular weight is 481 g/mol. The molecule has 0 saturated heterocycles. The van der Waals surface area contributed by atoms with Gasteiger partial charge in [0.25, 0.3) is 0 Å². The lowest BCUT2D eigenvalue weighted by atomic mass is 9.92. The number of para-hydroxylation sites is 1. The third-order valence-corrected chi connectivity index (χ3v) is 8.64. The van der Waals surface area contributed by atoms with Gasteiger partial charge in [0.15, 0.2) is 5.78 Å². The Hall–Kier alpha value is -2.79. The quantitative estimate of drug-likeness (QED) is 0.252. The normalized spacial score (nSPS) is 14.8. The second kappa shape index (κ2) is 11.3. The zero-order valence-corrected chi connectivity index (χ0v) is 21.4. The molecule has 0 aliphatic heterocycles. The Kier molecular flexibility index (Phi) is 8.17. The van der Waals surface area contributed by atoms with E-state index in [9.17, 15) is 9.59 Å². The minimum absolute atomic E-state index is 0.0701. The van der Waals surface area contributed by atoms with Crippen LogP contribution in [0.3, 0.4) is 0 Å². The van der Waals surface area contributed by atoms with Crippen LogP contribution in [0.1, 0.15) is 59.3 Å². The first-order valence-electron chi connectivity index (χ1n) is 12.2. The van der Waals surface area contributed by atoms with Crippen molar-refractivity contribution in [3.63, 3.8) is 0 Å². The van der Waals surface area contributed by atoms with Gasteiger partial charge in [0.2, 0.25) is 5.91 Å². The van der Waals surface area contributed by atoms with Crippen LogP contribution in [-0.2, 0) is 11.2 Å². The molecule has 35 heavy (non-hydrogen) atoms. The van der Waals surface area contributed by atoms with Gasteiger partial charge < -0.3 is 4.90 Å². The van der Waals surface area contributed by atoms with Crippen LogP contribution in [-0.4, -0.2) is 32.3 Å². The van der Waals surface area contributed by atoms with Crippen molar-refractivity contribution in [2.24, 2.45) is 5.41 Å². The van der Waals surface area contributed by atoms with E-state index in [2.05, 4.69) is 18.2 Å². The summed E-state index contributed by atoms with van der Waals surface area (Å²) in [6.07, 6.45) is 4.48. The zero-order valence-electron chi connectivity index (χ0n) is 20.6. The number of Topliss-reactive ketones (excluding diaryl/α,β-unsaturated/α-hetero) is 1. The molecule has 178 valence electrons. The van der Waals surface area contributed by atoms with E-state index in [-0.39, 0.29) is 22.4 Å². The average Bonchev–Trinajstić information content (AvgIpc) is 3.63. The maximum atomic E-state index is 13.0. The second-order valence-corrected chi connectivity index (χ2v) is 10.9. The lowest BCUT2D eigenvalue weighted by Crippen LogP contribution is -2.29. The molecule has 0 aromatic heterocycles. The number of benzene rings is 3. The number of aryl methyl sites for hydroxylation is 1. The summed E-state index contributed by atoms with van der Waals surface area (Å²) in [5.41, 5.74) is 4.87. The molecule has 0 bridgehead atoms. The van der Waals surface area contributed by atoms with E-state index in [0.29, 0.717) is 6.42 Å². The van der Waals surface area contributed by atoms with Crippen LogP contribution in [0.4, 0.5) is 5.69 Å². The van der Waals surface area contributed by atoms with Crippen molar-refractivity contribution in [2.75, 3.05) is 17.7 Å². The summed E-state index contributed by atoms with van der Waals surface area (Å²) >= 11 is 1.92. The van der Waals surface area contributed by atoms with Crippen LogP contribution in [0.25, 0.3) is 0 Å². The molecule has 2 radical (unpaired) electrons. The molecule has 1 aliphatic rings. The van der Waals surface area contributed by atoms with E-state index in [0.717, 1.165) is 53.7 Å². The first-order valence-corrected chi connectivity index (χ1v) is 13.3. The fraction of sp³-hybridized carbons (Fsp3) is 0.333. The first-order chi connectivity index (χ1) is 16.9. The summed E-state index contributed by atoms with van der Waals surface area (Å²) in [5, 5.41) is 0.248. The number of amides is 1. The van der Waals surface area contributed by atoms with Crippen molar-refractivity contribution >= 4 is 42.4 Å². The Labute approximate surface area is 214 Å². The molecular formula is C30H32BNO2S. The number of anilines is 1. The van der Waals surface area contributed by atoms with E-state index in [1.165, 1.54) is 5.56 Å². The standard InChI is InChI=1S/C30H32BNO2S/c1-22(33)27-14-7-6-9-23(27)15-16-28(24-10-8-11-25(31)19-24)35-21-30(17-18-30)20-29(34)32(2)26-12-4-3-5-13-26/h3-14,19,28H,15-18,20-21H2,1-2H3/t28-/m1/s1. The van der Waals surface area contributed by atoms with Gasteiger partial charge >= 0.3 is 0 Å². The zero-order chi connectivity index (χ0) is 24.8. The van der Waals surface area contributed by atoms with Gasteiger partial charge in [-0.2, -0.15) is 11.8 Å². The summed E-state index contributed by atoms with van der Waals surface area (Å²) in [7, 11) is 7.98. The van der Waals surface area contributed by atoms with Gasteiger partial charge in [-0.15, -0.1) is 0 Å². The van der Waals surface area contributed by atoms with Crippen LogP contribution in [0.5, 0.6) is 0 Å². The molecule has 3 nitrogen and oxygen atoms in total. The van der Waals surface area contributed by atoms with Crippen molar-refractivity contribution in [3.8, 4) is 0 Å². The van der Waals surface area contributed by atoms with Crippen molar-refractivity contribution in [1.29, 1.82) is 0 Å². The van der Waals surface area contributed by atoms with E-state index >= 15 is 0 Å². The Morgan fingerprint density at radius 2 is 1.71 bits per heavy atom. The van der Waals surface area contributed by atoms with Gasteiger partial charge in [0.05, 0.1) is 0 Å². The molecule has 0 heterocycles. The molecule has 0 N–H and O–H groups in total. The fourth-order valence-corrected chi connectivity index (χ4v) is 6.10. The molecular weight excluding hydrogens is 449 g/mol. The number of rotatable bonds is 11. The summed E-state index contributed by atoms with van der Waals surface area (Å²) in [6.45, 7) is 1.63. The van der Waals surface area contributed by atoms with Crippen molar-refractivity contribution in [1.82, 2.24) is 0 Å². The maximum absolute atomic E-state index is 13.0. The summed E-state index contributed by atoms with van der Waals surface area (Å²) in [6, 6.07) is 25.8. The van der Waals surface area contributed by atoms with Crippen LogP contribution < -0.4 is 10.4 Å². The summed E-state index contributed by atoms with van der Waals surface area (Å²) < 4.78 is 0. The molecule has 1 amide bonds. The van der Waals surface area contributed by atoms with Crippen molar-refractivity contribution in [2.45, 2.75) is 44.3 Å². The van der Waals surface area contributed by atoms with E-state index in [4.69, 9.17) is 7.85 Å². The van der Waals surface area contributed by atoms with Crippen LogP contribution in [0.2, 0.25) is 0 Å². The smallest absolute Gasteiger partial charge is 0.227 e. The largest absolute Gasteiger partial charge is 0.315 e. The minimum atomic E-state index is 0.0701. The van der Waals surface area contributed by atoms with Crippen molar-refractivity contribution in [3.05, 3.63) is 95.6 Å². The minimum Gasteiger partial charge on any atom is -0.315 e. The predicted molar refractivity (Wildman–Crippen MR) is 148 cm³/mol. The van der Waals surface area contributed by atoms with E-state index in [1.807, 2.05) is 79.5 Å². The number of carbonyl (C=O) groups is 2. The highest BCUT2D eigenvalue weighted by molar-refractivity contribution is 7.99. The van der Waals surface area contributed by atoms with Gasteiger partial charge in [-0.3, -0.25) is 9.59 Å². The van der Waals surface area contributed by atoms with Gasteiger partial charge in [-0.05, 0) is 61.3 Å². The number of hydrogen-bond acceptors (Lipinski definition) is 3.